The molecule has 0 N–H and O–H groups in total. The third-order valence-corrected chi connectivity index (χ3v) is 7.94. The first-order valence-corrected chi connectivity index (χ1v) is 13.0. The predicted octanol–water partition coefficient (Wildman–Crippen LogP) is 6.70. The third-order valence-electron chi connectivity index (χ3n) is 5.74. The molecule has 0 unspecified atom stereocenters. The van der Waals surface area contributed by atoms with E-state index in [1.54, 1.807) is 0 Å². The Morgan fingerprint density at radius 2 is 0.543 bits per heavy atom. The zero-order chi connectivity index (χ0) is 23.5. The molecule has 0 amide bonds. The minimum absolute atomic E-state index is 0.102. The number of hydrogen-bond acceptors (Lipinski definition) is 0. The molecule has 2 heterocycles. The van der Waals surface area contributed by atoms with Crippen LogP contribution in [0, 0.1) is 7.78 Å². The molecule has 174 valence electrons. The number of hydrogen-bond donors (Lipinski definition) is 0. The van der Waals surface area contributed by atoms with Crippen molar-refractivity contribution in [3.8, 4) is 22.7 Å². The second kappa shape index (κ2) is 9.68. The fraction of sp³-hybridized carbons (Fsp3) is 0. The van der Waals surface area contributed by atoms with Crippen LogP contribution in [0.5, 0.6) is 0 Å². The Hall–Kier alpha value is -4.04. The zero-order valence-electron chi connectivity index (χ0n) is 19.0. The molecule has 0 aliphatic rings. The summed E-state index contributed by atoms with van der Waals surface area (Å²) >= 11 is 0.102. The van der Waals surface area contributed by atoms with Crippen molar-refractivity contribution < 1.29 is 17.1 Å². The van der Waals surface area contributed by atoms with Crippen LogP contribution in [0.25, 0.3) is 22.7 Å². The first kappa shape index (κ1) is 21.5. The third kappa shape index (κ3) is 4.28. The molecule has 0 atom stereocenters. The molecule has 6 aromatic rings. The van der Waals surface area contributed by atoms with Gasteiger partial charge >= 0.3 is 212 Å². The topological polar surface area (TPSA) is 19.7 Å². The van der Waals surface area contributed by atoms with Crippen LogP contribution in [0.1, 0.15) is 0 Å². The van der Waals surface area contributed by atoms with Gasteiger partial charge in [-0.1, -0.05) is 0 Å². The van der Waals surface area contributed by atoms with Gasteiger partial charge in [0.05, 0.1) is 0 Å². The van der Waals surface area contributed by atoms with Crippen molar-refractivity contribution in [3.05, 3.63) is 154 Å². The van der Waals surface area contributed by atoms with Crippen LogP contribution in [0.4, 0.5) is 0 Å². The second-order valence-electron chi connectivity index (χ2n) is 7.98. The fourth-order valence-corrected chi connectivity index (χ4v) is 6.36. The molecule has 0 saturated carbocycles. The molecule has 6 rings (SSSR count). The van der Waals surface area contributed by atoms with E-state index in [1.165, 1.54) is 7.78 Å². The van der Waals surface area contributed by atoms with Crippen LogP contribution in [-0.4, -0.2) is 18.3 Å². The van der Waals surface area contributed by atoms with E-state index < -0.39 is 0 Å². The van der Waals surface area contributed by atoms with Crippen LogP contribution >= 0.6 is 0 Å². The fourth-order valence-electron chi connectivity index (χ4n) is 4.03. The summed E-state index contributed by atoms with van der Waals surface area (Å²) in [6, 6.07) is 42.3. The molecule has 0 aliphatic heterocycles. The normalized spacial score (nSPS) is 11.1. The van der Waals surface area contributed by atoms with Gasteiger partial charge in [-0.3, -0.25) is 0 Å². The predicted molar refractivity (Wildman–Crippen MR) is 137 cm³/mol. The average Bonchev–Trinajstić information content (AvgIpc) is 3.55. The summed E-state index contributed by atoms with van der Waals surface area (Å²) in [5.74, 6) is 0. The van der Waals surface area contributed by atoms with Gasteiger partial charge in [0.25, 0.3) is 0 Å². The van der Waals surface area contributed by atoms with Crippen molar-refractivity contribution in [2.45, 2.75) is 0 Å². The first-order valence-electron chi connectivity index (χ1n) is 11.4. The summed E-state index contributed by atoms with van der Waals surface area (Å²) in [6.07, 6.45) is 8.66. The molecule has 0 radical (unpaired) electrons. The maximum atomic E-state index is 2.30. The van der Waals surface area contributed by atoms with Crippen LogP contribution in [-0.2, 0) is 17.1 Å². The summed E-state index contributed by atoms with van der Waals surface area (Å²) in [5.41, 5.74) is 4.61. The molecule has 0 fully saturated rings. The van der Waals surface area contributed by atoms with Crippen molar-refractivity contribution in [1.29, 1.82) is 0 Å². The van der Waals surface area contributed by atoms with Gasteiger partial charge < -0.3 is 0 Å². The van der Waals surface area contributed by atoms with Crippen LogP contribution in [0.15, 0.2) is 146 Å². The van der Waals surface area contributed by atoms with E-state index in [9.17, 15) is 0 Å². The maximum absolute atomic E-state index is 2.30. The van der Waals surface area contributed by atoms with Gasteiger partial charge in [0.1, 0.15) is 0 Å². The van der Waals surface area contributed by atoms with Crippen molar-refractivity contribution in [1.82, 2.24) is 18.3 Å². The molecular weight excluding hydrogens is 523 g/mol. The minimum atomic E-state index is 0.102. The molecule has 0 saturated heterocycles. The van der Waals surface area contributed by atoms with E-state index in [-0.39, 0.29) is 17.1 Å². The molecule has 4 nitrogen and oxygen atoms in total. The quantitative estimate of drug-likeness (QED) is 0.219. The number of benzene rings is 4. The van der Waals surface area contributed by atoms with Gasteiger partial charge in [0, 0.05) is 0 Å². The van der Waals surface area contributed by atoms with E-state index >= 15 is 0 Å². The Kier molecular flexibility index (Phi) is 5.94. The first-order chi connectivity index (χ1) is 17.4. The Labute approximate surface area is 211 Å². The second-order valence-corrected chi connectivity index (χ2v) is 9.76. The van der Waals surface area contributed by atoms with Gasteiger partial charge in [-0.05, 0) is 0 Å². The Balaban J connectivity index is 1.78. The van der Waals surface area contributed by atoms with Gasteiger partial charge in [-0.15, -0.1) is 0 Å². The summed E-state index contributed by atoms with van der Waals surface area (Å²) in [6.45, 7) is 0. The zero-order valence-corrected chi connectivity index (χ0v) is 20.5. The number of aromatic nitrogens is 4. The number of rotatable bonds is 4. The van der Waals surface area contributed by atoms with Gasteiger partial charge in [0.2, 0.25) is 0 Å². The van der Waals surface area contributed by atoms with Crippen molar-refractivity contribution >= 4 is 0 Å². The van der Waals surface area contributed by atoms with E-state index in [0.717, 1.165) is 22.7 Å². The van der Waals surface area contributed by atoms with E-state index in [1.807, 2.05) is 0 Å². The van der Waals surface area contributed by atoms with Crippen molar-refractivity contribution in [3.63, 3.8) is 0 Å². The van der Waals surface area contributed by atoms with Crippen molar-refractivity contribution in [2.75, 3.05) is 0 Å². The van der Waals surface area contributed by atoms with Crippen molar-refractivity contribution in [2.24, 2.45) is 0 Å². The molecule has 5 heteroatoms. The number of imidazole rings is 2. The van der Waals surface area contributed by atoms with Gasteiger partial charge in [-0.25, -0.2) is 0 Å². The van der Waals surface area contributed by atoms with E-state index in [0.29, 0.717) is 0 Å². The SMILES string of the molecule is c1ccc(-n2ccn(-c3ccccc3)[c]2=[Pd]=[c]2n(-c3ccccc3)ccn2-c2ccccc2)cc1. The molecule has 35 heavy (non-hydrogen) atoms. The summed E-state index contributed by atoms with van der Waals surface area (Å²) in [5, 5.41) is 0. The number of nitrogens with zero attached hydrogens (tertiary/aromatic N) is 4. The molecule has 4 aromatic carbocycles. The molecule has 2 aromatic heterocycles. The average molecular weight is 547 g/mol. The van der Waals surface area contributed by atoms with Gasteiger partial charge in [0.15, 0.2) is 0 Å². The van der Waals surface area contributed by atoms with Crippen LogP contribution in [0.2, 0.25) is 0 Å². The Bertz CT molecular complexity index is 1450. The van der Waals surface area contributed by atoms with Gasteiger partial charge in [-0.2, -0.15) is 0 Å². The Morgan fingerprint density at radius 3 is 0.771 bits per heavy atom. The summed E-state index contributed by atoms with van der Waals surface area (Å²) < 4.78 is 11.7. The Morgan fingerprint density at radius 1 is 0.314 bits per heavy atom. The van der Waals surface area contributed by atoms with E-state index in [4.69, 9.17) is 0 Å². The number of para-hydroxylation sites is 4. The van der Waals surface area contributed by atoms with E-state index in [2.05, 4.69) is 164 Å². The van der Waals surface area contributed by atoms with Crippen LogP contribution in [0.3, 0.4) is 0 Å². The molecule has 0 bridgehead atoms. The summed E-state index contributed by atoms with van der Waals surface area (Å²) in [7, 11) is 0. The molecule has 0 spiro atoms. The standard InChI is InChI=1S/2C15H12N2.Pd/c2*1-3-7-14(8-4-1)16-11-12-17(13-16)15-9-5-2-6-10-15;/h2*1-12H;. The molecular formula is C30H24N4Pd. The monoisotopic (exact) mass is 546 g/mol. The summed E-state index contributed by atoms with van der Waals surface area (Å²) in [4.78, 5) is 0. The molecule has 0 aliphatic carbocycles. The van der Waals surface area contributed by atoms with Crippen LogP contribution < -0.4 is 0 Å².